The van der Waals surface area contributed by atoms with Crippen molar-refractivity contribution in [2.75, 3.05) is 6.61 Å². The quantitative estimate of drug-likeness (QED) is 0.400. The molecule has 1 aliphatic heterocycles. The van der Waals surface area contributed by atoms with E-state index in [4.69, 9.17) is 4.74 Å². The molecule has 0 radical (unpaired) electrons. The first-order valence-corrected chi connectivity index (χ1v) is 9.64. The Morgan fingerprint density at radius 1 is 1.07 bits per heavy atom. The van der Waals surface area contributed by atoms with Gasteiger partial charge >= 0.3 is 0 Å². The lowest BCUT2D eigenvalue weighted by molar-refractivity contribution is -0.357. The van der Waals surface area contributed by atoms with Crippen LogP contribution >= 0.6 is 0 Å². The molecule has 1 heterocycles. The first-order chi connectivity index (χ1) is 14.2. The number of aliphatic hydroxyl groups is 5. The van der Waals surface area contributed by atoms with Gasteiger partial charge in [-0.1, -0.05) is 31.2 Å². The molecule has 0 spiro atoms. The standard InChI is InChI=1S/C22H25NO7/c1-2-12-3-5-13(6-4-12)7-14-8-15(9-17(25)16(14)10-23)22(29)21(28)20(27)19(26)18(11-24)30-22/h3-6,8-9,18-21,24-29H,2,7,11H2,1H3/t18-,19-,20+,21-,22-/m1/s1. The van der Waals surface area contributed by atoms with Gasteiger partial charge in [0.05, 0.1) is 12.2 Å². The van der Waals surface area contributed by atoms with Gasteiger partial charge in [-0.15, -0.1) is 0 Å². The maximum atomic E-state index is 11.0. The molecule has 8 heteroatoms. The molecule has 1 fully saturated rings. The zero-order valence-electron chi connectivity index (χ0n) is 16.4. The number of nitrogens with zero attached hydrogens (tertiary/aromatic N) is 1. The minimum absolute atomic E-state index is 0.00603. The van der Waals surface area contributed by atoms with Crippen molar-refractivity contribution >= 4 is 0 Å². The highest BCUT2D eigenvalue weighted by Crippen LogP contribution is 2.39. The van der Waals surface area contributed by atoms with Crippen LogP contribution in [0, 0.1) is 11.3 Å². The number of phenols is 1. The Morgan fingerprint density at radius 2 is 1.70 bits per heavy atom. The molecule has 0 bridgehead atoms. The average molecular weight is 415 g/mol. The smallest absolute Gasteiger partial charge is 0.222 e. The minimum Gasteiger partial charge on any atom is -0.507 e. The van der Waals surface area contributed by atoms with Gasteiger partial charge in [0, 0.05) is 5.56 Å². The molecule has 160 valence electrons. The van der Waals surface area contributed by atoms with E-state index >= 15 is 0 Å². The van der Waals surface area contributed by atoms with E-state index in [1.165, 1.54) is 6.07 Å². The second kappa shape index (κ2) is 8.70. The Bertz CT molecular complexity index is 938. The molecule has 1 saturated heterocycles. The average Bonchev–Trinajstić information content (AvgIpc) is 2.75. The van der Waals surface area contributed by atoms with Crippen LogP contribution in [0.2, 0.25) is 0 Å². The van der Waals surface area contributed by atoms with Crippen LogP contribution in [-0.2, 0) is 23.4 Å². The Hall–Kier alpha value is -2.51. The summed E-state index contributed by atoms with van der Waals surface area (Å²) in [7, 11) is 0. The minimum atomic E-state index is -2.52. The van der Waals surface area contributed by atoms with Gasteiger partial charge in [-0.3, -0.25) is 0 Å². The Morgan fingerprint density at radius 3 is 2.27 bits per heavy atom. The van der Waals surface area contributed by atoms with Gasteiger partial charge in [0.1, 0.15) is 36.2 Å². The van der Waals surface area contributed by atoms with Crippen molar-refractivity contribution in [2.24, 2.45) is 0 Å². The third-order valence-electron chi connectivity index (χ3n) is 5.52. The lowest BCUT2D eigenvalue weighted by Crippen LogP contribution is -2.63. The molecule has 1 aliphatic rings. The topological polar surface area (TPSA) is 154 Å². The van der Waals surface area contributed by atoms with Gasteiger partial charge in [-0.25, -0.2) is 0 Å². The lowest BCUT2D eigenvalue weighted by atomic mass is 9.86. The van der Waals surface area contributed by atoms with E-state index < -0.39 is 42.6 Å². The normalized spacial score (nSPS) is 28.8. The third kappa shape index (κ3) is 3.91. The van der Waals surface area contributed by atoms with Crippen LogP contribution in [0.25, 0.3) is 0 Å². The number of aliphatic hydroxyl groups excluding tert-OH is 4. The number of phenolic OH excluding ortho intramolecular Hbond substituents is 1. The van der Waals surface area contributed by atoms with Gasteiger partial charge in [0.25, 0.3) is 0 Å². The van der Waals surface area contributed by atoms with Crippen LogP contribution < -0.4 is 0 Å². The summed E-state index contributed by atoms with van der Waals surface area (Å²) in [6.45, 7) is 1.32. The zero-order chi connectivity index (χ0) is 22.1. The van der Waals surface area contributed by atoms with Crippen molar-refractivity contribution in [3.8, 4) is 11.8 Å². The summed E-state index contributed by atoms with van der Waals surface area (Å²) in [5, 5.41) is 70.6. The van der Waals surface area contributed by atoms with E-state index in [-0.39, 0.29) is 17.5 Å². The fraction of sp³-hybridized carbons (Fsp3) is 0.409. The molecule has 3 rings (SSSR count). The van der Waals surface area contributed by atoms with Crippen molar-refractivity contribution in [3.63, 3.8) is 0 Å². The molecule has 6 N–H and O–H groups in total. The second-order valence-corrected chi connectivity index (χ2v) is 7.45. The molecule has 0 saturated carbocycles. The molecule has 0 amide bonds. The molecule has 0 aliphatic carbocycles. The van der Waals surface area contributed by atoms with Gasteiger partial charge in [-0.2, -0.15) is 5.26 Å². The number of benzene rings is 2. The van der Waals surface area contributed by atoms with Gasteiger partial charge in [0.2, 0.25) is 5.79 Å². The summed E-state index contributed by atoms with van der Waals surface area (Å²) in [6, 6.07) is 12.1. The highest BCUT2D eigenvalue weighted by Gasteiger charge is 2.53. The predicted molar refractivity (Wildman–Crippen MR) is 105 cm³/mol. The van der Waals surface area contributed by atoms with E-state index in [1.807, 2.05) is 37.3 Å². The molecule has 8 nitrogen and oxygen atoms in total. The SMILES string of the molecule is CCc1ccc(Cc2cc([C@@]3(O)O[C@H](CO)[C@@H](O)[C@H](O)[C@H]3O)cc(O)c2C#N)cc1. The molecule has 2 aromatic carbocycles. The summed E-state index contributed by atoms with van der Waals surface area (Å²) >= 11 is 0. The molecule has 0 unspecified atom stereocenters. The van der Waals surface area contributed by atoms with Crippen molar-refractivity contribution in [1.29, 1.82) is 5.26 Å². The first kappa shape index (κ1) is 22.2. The number of aromatic hydroxyl groups is 1. The van der Waals surface area contributed by atoms with Gasteiger partial charge in [-0.05, 0) is 41.7 Å². The van der Waals surface area contributed by atoms with Crippen molar-refractivity contribution < 1.29 is 35.4 Å². The number of ether oxygens (including phenoxy) is 1. The van der Waals surface area contributed by atoms with Gasteiger partial charge in [0.15, 0.2) is 0 Å². The van der Waals surface area contributed by atoms with E-state index in [0.717, 1.165) is 23.6 Å². The maximum Gasteiger partial charge on any atom is 0.222 e. The summed E-state index contributed by atoms with van der Waals surface area (Å²) in [5.74, 6) is -2.95. The predicted octanol–water partition coefficient (Wildman–Crippen LogP) is 0.0360. The van der Waals surface area contributed by atoms with E-state index in [0.29, 0.717) is 5.56 Å². The molecule has 0 aromatic heterocycles. The fourth-order valence-electron chi connectivity index (χ4n) is 3.67. The van der Waals surface area contributed by atoms with Crippen molar-refractivity contribution in [3.05, 3.63) is 64.2 Å². The molecule has 2 aromatic rings. The Labute approximate surface area is 173 Å². The van der Waals surface area contributed by atoms with Crippen molar-refractivity contribution in [1.82, 2.24) is 0 Å². The number of hydrogen-bond donors (Lipinski definition) is 6. The number of hydrogen-bond acceptors (Lipinski definition) is 8. The fourth-order valence-corrected chi connectivity index (χ4v) is 3.67. The van der Waals surface area contributed by atoms with E-state index in [2.05, 4.69) is 0 Å². The van der Waals surface area contributed by atoms with E-state index in [1.54, 1.807) is 0 Å². The highest BCUT2D eigenvalue weighted by molar-refractivity contribution is 5.53. The summed E-state index contributed by atoms with van der Waals surface area (Å²) in [6.07, 6.45) is -5.61. The van der Waals surface area contributed by atoms with Crippen LogP contribution in [0.3, 0.4) is 0 Å². The number of aryl methyl sites for hydroxylation is 1. The summed E-state index contributed by atoms with van der Waals surface area (Å²) < 4.78 is 5.32. The van der Waals surface area contributed by atoms with Gasteiger partial charge < -0.3 is 35.4 Å². The van der Waals surface area contributed by atoms with Crippen LogP contribution in [0.4, 0.5) is 0 Å². The van der Waals surface area contributed by atoms with E-state index in [9.17, 15) is 35.9 Å². The molecule has 5 atom stereocenters. The van der Waals surface area contributed by atoms with Crippen LogP contribution in [0.15, 0.2) is 36.4 Å². The first-order valence-electron chi connectivity index (χ1n) is 9.64. The number of rotatable bonds is 5. The van der Waals surface area contributed by atoms with Crippen LogP contribution in [0.1, 0.15) is 34.7 Å². The van der Waals surface area contributed by atoms with Crippen LogP contribution in [-0.4, -0.2) is 61.7 Å². The molecular weight excluding hydrogens is 390 g/mol. The summed E-state index contributed by atoms with van der Waals surface area (Å²) in [4.78, 5) is 0. The molecular formula is C22H25NO7. The third-order valence-corrected chi connectivity index (χ3v) is 5.52. The lowest BCUT2D eigenvalue weighted by Gasteiger charge is -2.45. The zero-order valence-corrected chi connectivity index (χ0v) is 16.4. The largest absolute Gasteiger partial charge is 0.507 e. The number of nitriles is 1. The Balaban J connectivity index is 2.04. The maximum absolute atomic E-state index is 11.0. The highest BCUT2D eigenvalue weighted by atomic mass is 16.7. The Kier molecular flexibility index (Phi) is 6.43. The second-order valence-electron chi connectivity index (χ2n) is 7.45. The monoisotopic (exact) mass is 415 g/mol. The van der Waals surface area contributed by atoms with Crippen LogP contribution in [0.5, 0.6) is 5.75 Å². The molecule has 30 heavy (non-hydrogen) atoms. The summed E-state index contributed by atoms with van der Waals surface area (Å²) in [5.41, 5.74) is 2.28. The van der Waals surface area contributed by atoms with Crippen molar-refractivity contribution in [2.45, 2.75) is 50.0 Å².